The van der Waals surface area contributed by atoms with Gasteiger partial charge in [-0.2, -0.15) is 4.98 Å². The van der Waals surface area contributed by atoms with Gasteiger partial charge in [-0.05, 0) is 30.4 Å². The zero-order chi connectivity index (χ0) is 13.4. The number of aliphatic hydroxyl groups is 1. The third kappa shape index (κ3) is 2.33. The Balaban J connectivity index is 2.06. The number of nitrogens with zero attached hydrogens (tertiary/aromatic N) is 4. The first-order chi connectivity index (χ1) is 9.19. The van der Waals surface area contributed by atoms with E-state index >= 15 is 0 Å². The highest BCUT2D eigenvalue weighted by Crippen LogP contribution is 2.30. The number of fused-ring (bicyclic) bond motifs is 1. The Morgan fingerprint density at radius 1 is 1.37 bits per heavy atom. The third-order valence-electron chi connectivity index (χ3n) is 3.37. The predicted molar refractivity (Wildman–Crippen MR) is 73.3 cm³/mol. The van der Waals surface area contributed by atoms with E-state index in [1.807, 2.05) is 4.57 Å². The maximum absolute atomic E-state index is 9.28. The molecule has 2 atom stereocenters. The van der Waals surface area contributed by atoms with Gasteiger partial charge >= 0.3 is 0 Å². The van der Waals surface area contributed by atoms with Gasteiger partial charge in [-0.3, -0.25) is 0 Å². The molecular formula is C12H12Cl2N4O. The predicted octanol–water partition coefficient (Wildman–Crippen LogP) is 2.63. The van der Waals surface area contributed by atoms with Crippen LogP contribution in [0.1, 0.15) is 18.9 Å². The Kier molecular flexibility index (Phi) is 3.43. The monoisotopic (exact) mass is 298 g/mol. The van der Waals surface area contributed by atoms with Crippen LogP contribution in [-0.4, -0.2) is 31.2 Å². The van der Waals surface area contributed by atoms with Crippen LogP contribution in [0.4, 0.5) is 0 Å². The Morgan fingerprint density at radius 3 is 3.00 bits per heavy atom. The molecule has 1 N–H and O–H groups in total. The van der Waals surface area contributed by atoms with E-state index in [-0.39, 0.29) is 29.0 Å². The maximum Gasteiger partial charge on any atom is 0.225 e. The molecule has 0 aliphatic heterocycles. The molecule has 0 fully saturated rings. The molecule has 0 saturated carbocycles. The summed E-state index contributed by atoms with van der Waals surface area (Å²) in [5.74, 6) is 0.264. The molecule has 0 aromatic carbocycles. The molecule has 3 rings (SSSR count). The third-order valence-corrected chi connectivity index (χ3v) is 3.80. The van der Waals surface area contributed by atoms with E-state index in [4.69, 9.17) is 23.2 Å². The highest BCUT2D eigenvalue weighted by molar-refractivity contribution is 6.35. The van der Waals surface area contributed by atoms with Crippen molar-refractivity contribution in [2.75, 3.05) is 6.61 Å². The molecule has 1 aliphatic rings. The minimum Gasteiger partial charge on any atom is -0.396 e. The fourth-order valence-electron chi connectivity index (χ4n) is 2.40. The Labute approximate surface area is 119 Å². The molecule has 2 aromatic rings. The molecular weight excluding hydrogens is 287 g/mol. The molecule has 5 nitrogen and oxygen atoms in total. The van der Waals surface area contributed by atoms with Gasteiger partial charge in [-0.25, -0.2) is 9.97 Å². The van der Waals surface area contributed by atoms with Crippen molar-refractivity contribution in [3.05, 3.63) is 28.9 Å². The minimum absolute atomic E-state index is 0.109. The van der Waals surface area contributed by atoms with E-state index in [1.54, 1.807) is 6.33 Å². The van der Waals surface area contributed by atoms with Crippen LogP contribution in [0.15, 0.2) is 18.5 Å². The lowest BCUT2D eigenvalue weighted by molar-refractivity contribution is 0.204. The zero-order valence-corrected chi connectivity index (χ0v) is 11.5. The zero-order valence-electron chi connectivity index (χ0n) is 10.0. The fraction of sp³-hybridized carbons (Fsp3) is 0.417. The second-order valence-corrected chi connectivity index (χ2v) is 5.32. The Bertz CT molecular complexity index is 640. The SMILES string of the molecule is OC[C@@H]1CC=C[C@H](n2cnc3c(Cl)nc(Cl)nc32)C1. The lowest BCUT2D eigenvalue weighted by Gasteiger charge is -2.24. The minimum atomic E-state index is 0.109. The van der Waals surface area contributed by atoms with Crippen LogP contribution in [0.2, 0.25) is 10.4 Å². The summed E-state index contributed by atoms with van der Waals surface area (Å²) in [6, 6.07) is 0.109. The maximum atomic E-state index is 9.28. The number of hydrogen-bond donors (Lipinski definition) is 1. The Hall–Kier alpha value is -1.17. The largest absolute Gasteiger partial charge is 0.396 e. The molecule has 2 aromatic heterocycles. The molecule has 0 radical (unpaired) electrons. The van der Waals surface area contributed by atoms with Crippen molar-refractivity contribution in [3.8, 4) is 0 Å². The van der Waals surface area contributed by atoms with E-state index in [1.165, 1.54) is 0 Å². The first kappa shape index (κ1) is 12.8. The molecule has 1 aliphatic carbocycles. The summed E-state index contributed by atoms with van der Waals surface area (Å²) in [4.78, 5) is 12.3. The number of imidazole rings is 1. The lowest BCUT2D eigenvalue weighted by atomic mass is 9.91. The van der Waals surface area contributed by atoms with Crippen LogP contribution in [0, 0.1) is 5.92 Å². The number of aliphatic hydroxyl groups excluding tert-OH is 1. The highest BCUT2D eigenvalue weighted by atomic mass is 35.5. The number of halogens is 2. The Morgan fingerprint density at radius 2 is 2.21 bits per heavy atom. The van der Waals surface area contributed by atoms with Crippen LogP contribution >= 0.6 is 23.2 Å². The smallest absolute Gasteiger partial charge is 0.225 e. The second kappa shape index (κ2) is 5.07. The van der Waals surface area contributed by atoms with Gasteiger partial charge < -0.3 is 9.67 Å². The van der Waals surface area contributed by atoms with E-state index < -0.39 is 0 Å². The summed E-state index contributed by atoms with van der Waals surface area (Å²) in [5.41, 5.74) is 1.17. The van der Waals surface area contributed by atoms with E-state index in [0.717, 1.165) is 12.8 Å². The molecule has 2 heterocycles. The van der Waals surface area contributed by atoms with Crippen molar-refractivity contribution < 1.29 is 5.11 Å². The van der Waals surface area contributed by atoms with Gasteiger partial charge in [-0.1, -0.05) is 23.8 Å². The molecule has 7 heteroatoms. The summed E-state index contributed by atoms with van der Waals surface area (Å²) in [5, 5.41) is 9.65. The van der Waals surface area contributed by atoms with Gasteiger partial charge in [0.15, 0.2) is 10.8 Å². The summed E-state index contributed by atoms with van der Waals surface area (Å²) < 4.78 is 1.92. The summed E-state index contributed by atoms with van der Waals surface area (Å²) in [6.07, 6.45) is 7.60. The molecule has 100 valence electrons. The van der Waals surface area contributed by atoms with Crippen LogP contribution in [-0.2, 0) is 0 Å². The average Bonchev–Trinajstić information content (AvgIpc) is 2.82. The molecule has 0 saturated heterocycles. The molecule has 19 heavy (non-hydrogen) atoms. The fourth-order valence-corrected chi connectivity index (χ4v) is 2.82. The quantitative estimate of drug-likeness (QED) is 0.526. The lowest BCUT2D eigenvalue weighted by Crippen LogP contribution is -2.17. The first-order valence-electron chi connectivity index (χ1n) is 6.02. The van der Waals surface area contributed by atoms with E-state index in [2.05, 4.69) is 27.1 Å². The van der Waals surface area contributed by atoms with Crippen LogP contribution in [0.3, 0.4) is 0 Å². The second-order valence-electron chi connectivity index (χ2n) is 4.62. The number of allylic oxidation sites excluding steroid dienone is 2. The van der Waals surface area contributed by atoms with Crippen LogP contribution < -0.4 is 0 Å². The van der Waals surface area contributed by atoms with Crippen LogP contribution in [0.25, 0.3) is 11.2 Å². The number of aromatic nitrogens is 4. The van der Waals surface area contributed by atoms with Gasteiger partial charge in [0.25, 0.3) is 0 Å². The summed E-state index contributed by atoms with van der Waals surface area (Å²) in [6.45, 7) is 0.184. The average molecular weight is 299 g/mol. The number of hydrogen-bond acceptors (Lipinski definition) is 4. The molecule has 0 amide bonds. The van der Waals surface area contributed by atoms with Gasteiger partial charge in [0, 0.05) is 6.61 Å². The van der Waals surface area contributed by atoms with Crippen LogP contribution in [0.5, 0.6) is 0 Å². The van der Waals surface area contributed by atoms with Gasteiger partial charge in [-0.15, -0.1) is 0 Å². The first-order valence-corrected chi connectivity index (χ1v) is 6.77. The molecule has 0 bridgehead atoms. The van der Waals surface area contributed by atoms with Gasteiger partial charge in [0.1, 0.15) is 5.52 Å². The standard InChI is InChI=1S/C12H12Cl2N4O/c13-10-9-11(17-12(14)16-10)18(6-15-9)8-3-1-2-7(4-8)5-19/h1,3,6-8,19H,2,4-5H2/t7-,8+/m1/s1. The normalized spacial score (nSPS) is 23.1. The topological polar surface area (TPSA) is 63.8 Å². The van der Waals surface area contributed by atoms with Crippen molar-refractivity contribution in [1.82, 2.24) is 19.5 Å². The summed E-state index contributed by atoms with van der Waals surface area (Å²) >= 11 is 11.8. The van der Waals surface area contributed by atoms with Crippen molar-refractivity contribution in [2.24, 2.45) is 5.92 Å². The number of rotatable bonds is 2. The molecule has 0 spiro atoms. The van der Waals surface area contributed by atoms with Crippen molar-refractivity contribution in [1.29, 1.82) is 0 Å². The van der Waals surface area contributed by atoms with E-state index in [9.17, 15) is 5.11 Å². The highest BCUT2D eigenvalue weighted by Gasteiger charge is 2.21. The summed E-state index contributed by atoms with van der Waals surface area (Å²) in [7, 11) is 0. The van der Waals surface area contributed by atoms with Crippen molar-refractivity contribution in [3.63, 3.8) is 0 Å². The van der Waals surface area contributed by atoms with Gasteiger partial charge in [0.05, 0.1) is 12.4 Å². The van der Waals surface area contributed by atoms with Gasteiger partial charge in [0.2, 0.25) is 5.28 Å². The van der Waals surface area contributed by atoms with E-state index in [0.29, 0.717) is 11.2 Å². The van der Waals surface area contributed by atoms with Crippen molar-refractivity contribution in [2.45, 2.75) is 18.9 Å². The van der Waals surface area contributed by atoms with Crippen molar-refractivity contribution >= 4 is 34.4 Å². The molecule has 0 unspecified atom stereocenters.